The Morgan fingerprint density at radius 2 is 0.744 bits per heavy atom. The van der Waals surface area contributed by atoms with Gasteiger partial charge in [-0.25, -0.2) is 0 Å². The summed E-state index contributed by atoms with van der Waals surface area (Å²) in [6.07, 6.45) is 1.62. The van der Waals surface area contributed by atoms with Gasteiger partial charge in [0.15, 0.2) is 12.6 Å². The van der Waals surface area contributed by atoms with Gasteiger partial charge in [-0.15, -0.1) is 11.3 Å². The molecule has 0 fully saturated rings. The molecule has 0 bridgehead atoms. The number of rotatable bonds is 4. The lowest BCUT2D eigenvalue weighted by atomic mass is 9.76. The Balaban J connectivity index is 2.58. The monoisotopic (exact) mass is 548 g/mol. The van der Waals surface area contributed by atoms with E-state index in [9.17, 15) is 19.8 Å². The molecule has 0 aliphatic heterocycles. The van der Waals surface area contributed by atoms with Crippen molar-refractivity contribution < 1.29 is 19.8 Å². The van der Waals surface area contributed by atoms with Crippen molar-refractivity contribution in [3.63, 3.8) is 0 Å². The SMILES string of the molecule is CC(C)(C)c1cc(-c2c(C=O)sc(C=O)c2-c2cc(C(C)(C)C)c(O)c(C(C)(C)C)c2)cc(C(C)(C)C)c1O. The van der Waals surface area contributed by atoms with E-state index in [1.165, 1.54) is 11.3 Å². The molecule has 3 aromatic rings. The zero-order chi connectivity index (χ0) is 29.9. The van der Waals surface area contributed by atoms with E-state index in [4.69, 9.17) is 0 Å². The number of hydrogen-bond acceptors (Lipinski definition) is 5. The second kappa shape index (κ2) is 9.92. The van der Waals surface area contributed by atoms with E-state index < -0.39 is 0 Å². The molecule has 2 aromatic carbocycles. The first-order valence-electron chi connectivity index (χ1n) is 13.5. The van der Waals surface area contributed by atoms with Gasteiger partial charge < -0.3 is 10.2 Å². The minimum Gasteiger partial charge on any atom is -0.507 e. The van der Waals surface area contributed by atoms with Gasteiger partial charge in [-0.1, -0.05) is 83.1 Å². The molecule has 0 saturated heterocycles. The number of aldehydes is 2. The molecule has 4 nitrogen and oxygen atoms in total. The van der Waals surface area contributed by atoms with Gasteiger partial charge in [-0.3, -0.25) is 9.59 Å². The van der Waals surface area contributed by atoms with E-state index in [2.05, 4.69) is 83.1 Å². The average molecular weight is 549 g/mol. The highest BCUT2D eigenvalue weighted by Crippen LogP contribution is 2.49. The Morgan fingerprint density at radius 1 is 0.513 bits per heavy atom. The summed E-state index contributed by atoms with van der Waals surface area (Å²) in [7, 11) is 0. The molecule has 0 aliphatic rings. The number of hydrogen-bond donors (Lipinski definition) is 2. The number of benzene rings is 2. The number of phenols is 2. The molecule has 0 spiro atoms. The molecule has 3 rings (SSSR count). The fraction of sp³-hybridized carbons (Fsp3) is 0.471. The quantitative estimate of drug-likeness (QED) is 0.319. The van der Waals surface area contributed by atoms with Crippen LogP contribution in [0.3, 0.4) is 0 Å². The van der Waals surface area contributed by atoms with Gasteiger partial charge in [0, 0.05) is 33.4 Å². The van der Waals surface area contributed by atoms with Crippen molar-refractivity contribution >= 4 is 23.9 Å². The Bertz CT molecular complexity index is 1250. The molecule has 5 heteroatoms. The third-order valence-corrected chi connectivity index (χ3v) is 8.25. The number of aromatic hydroxyl groups is 2. The minimum atomic E-state index is -0.359. The molecular formula is C34H44O4S. The summed E-state index contributed by atoms with van der Waals surface area (Å²) in [5, 5.41) is 22.7. The third-order valence-electron chi connectivity index (χ3n) is 7.21. The summed E-state index contributed by atoms with van der Waals surface area (Å²) in [6, 6.07) is 7.81. The Kier molecular flexibility index (Phi) is 7.79. The van der Waals surface area contributed by atoms with Gasteiger partial charge in [0.05, 0.1) is 9.75 Å². The molecule has 0 unspecified atom stereocenters. The highest BCUT2D eigenvalue weighted by Gasteiger charge is 2.32. The second-order valence-corrected chi connectivity index (χ2v) is 15.7. The Hall–Kier alpha value is -2.92. The zero-order valence-corrected chi connectivity index (χ0v) is 26.4. The van der Waals surface area contributed by atoms with Gasteiger partial charge in [0.1, 0.15) is 11.5 Å². The van der Waals surface area contributed by atoms with Crippen LogP contribution in [0.1, 0.15) is 125 Å². The first-order valence-corrected chi connectivity index (χ1v) is 14.3. The maximum Gasteiger partial charge on any atom is 0.160 e. The Labute approximate surface area is 238 Å². The van der Waals surface area contributed by atoms with Crippen LogP contribution in [0.2, 0.25) is 0 Å². The van der Waals surface area contributed by atoms with Crippen LogP contribution in [0, 0.1) is 0 Å². The highest BCUT2D eigenvalue weighted by atomic mass is 32.1. The third kappa shape index (κ3) is 5.84. The van der Waals surface area contributed by atoms with Crippen LogP contribution in [0.5, 0.6) is 11.5 Å². The molecule has 0 saturated carbocycles. The van der Waals surface area contributed by atoms with Crippen molar-refractivity contribution in [3.05, 3.63) is 56.3 Å². The average Bonchev–Trinajstić information content (AvgIpc) is 3.15. The van der Waals surface area contributed by atoms with Gasteiger partial charge in [-0.2, -0.15) is 0 Å². The minimum absolute atomic E-state index is 0.258. The topological polar surface area (TPSA) is 74.6 Å². The normalized spacial score (nSPS) is 13.0. The van der Waals surface area contributed by atoms with Crippen molar-refractivity contribution in [1.82, 2.24) is 0 Å². The van der Waals surface area contributed by atoms with Crippen LogP contribution >= 0.6 is 11.3 Å². The van der Waals surface area contributed by atoms with Gasteiger partial charge in [0.25, 0.3) is 0 Å². The lowest BCUT2D eigenvalue weighted by Crippen LogP contribution is -2.18. The van der Waals surface area contributed by atoms with E-state index in [0.29, 0.717) is 20.9 Å². The van der Waals surface area contributed by atoms with Crippen molar-refractivity contribution in [2.75, 3.05) is 0 Å². The van der Waals surface area contributed by atoms with Crippen LogP contribution in [0.4, 0.5) is 0 Å². The molecule has 0 atom stereocenters. The predicted octanol–water partition coefficient (Wildman–Crippen LogP) is 9.31. The van der Waals surface area contributed by atoms with Gasteiger partial charge in [-0.05, 0) is 57.1 Å². The van der Waals surface area contributed by atoms with Crippen molar-refractivity contribution in [2.45, 2.75) is 105 Å². The van der Waals surface area contributed by atoms with Gasteiger partial charge in [0.2, 0.25) is 0 Å². The summed E-state index contributed by atoms with van der Waals surface area (Å²) in [5.41, 5.74) is 4.61. The molecule has 0 aliphatic carbocycles. The van der Waals surface area contributed by atoms with E-state index in [-0.39, 0.29) is 33.2 Å². The van der Waals surface area contributed by atoms with Crippen LogP contribution in [0.25, 0.3) is 22.3 Å². The second-order valence-electron chi connectivity index (χ2n) is 14.7. The fourth-order valence-corrected chi connectivity index (χ4v) is 6.03. The maximum absolute atomic E-state index is 12.5. The van der Waals surface area contributed by atoms with Crippen molar-refractivity contribution in [3.8, 4) is 33.8 Å². The molecule has 210 valence electrons. The fourth-order valence-electron chi connectivity index (χ4n) is 5.05. The van der Waals surface area contributed by atoms with Crippen LogP contribution in [0.15, 0.2) is 24.3 Å². The lowest BCUT2D eigenvalue weighted by Gasteiger charge is -2.29. The zero-order valence-electron chi connectivity index (χ0n) is 25.6. The number of carbonyl (C=O) groups excluding carboxylic acids is 2. The summed E-state index contributed by atoms with van der Waals surface area (Å²) in [6.45, 7) is 24.6. The molecule has 39 heavy (non-hydrogen) atoms. The smallest absolute Gasteiger partial charge is 0.160 e. The standard InChI is InChI=1S/C34H44O4S/c1-31(2,3)21-13-19(14-22(29(21)37)32(4,5)6)27-25(17-35)39-26(18-36)28(27)20-15-23(33(7,8)9)30(38)24(16-20)34(10,11)12/h13-18,37-38H,1-12H3. The van der Waals surface area contributed by atoms with Crippen LogP contribution in [-0.4, -0.2) is 22.8 Å². The van der Waals surface area contributed by atoms with E-state index in [0.717, 1.165) is 46.0 Å². The number of phenolic OH excluding ortho intramolecular Hbond substituents is 2. The molecular weight excluding hydrogens is 504 g/mol. The lowest BCUT2D eigenvalue weighted by molar-refractivity contribution is 0.112. The van der Waals surface area contributed by atoms with Crippen molar-refractivity contribution in [2.24, 2.45) is 0 Å². The first kappa shape index (κ1) is 30.6. The van der Waals surface area contributed by atoms with E-state index >= 15 is 0 Å². The molecule has 1 heterocycles. The molecule has 2 N–H and O–H groups in total. The molecule has 1 aromatic heterocycles. The largest absolute Gasteiger partial charge is 0.507 e. The van der Waals surface area contributed by atoms with Crippen molar-refractivity contribution in [1.29, 1.82) is 0 Å². The highest BCUT2D eigenvalue weighted by molar-refractivity contribution is 7.16. The first-order chi connectivity index (χ1) is 17.6. The molecule has 0 radical (unpaired) electrons. The molecule has 0 amide bonds. The Morgan fingerprint density at radius 3 is 0.923 bits per heavy atom. The predicted molar refractivity (Wildman–Crippen MR) is 164 cm³/mol. The van der Waals surface area contributed by atoms with E-state index in [1.807, 2.05) is 24.3 Å². The maximum atomic E-state index is 12.5. The van der Waals surface area contributed by atoms with Crippen LogP contribution in [-0.2, 0) is 21.7 Å². The van der Waals surface area contributed by atoms with Gasteiger partial charge >= 0.3 is 0 Å². The van der Waals surface area contributed by atoms with E-state index in [1.54, 1.807) is 0 Å². The number of thiophene rings is 1. The number of carbonyl (C=O) groups is 2. The summed E-state index contributed by atoms with van der Waals surface area (Å²) < 4.78 is 0. The summed E-state index contributed by atoms with van der Waals surface area (Å²) in [4.78, 5) is 25.8. The van der Waals surface area contributed by atoms with Crippen LogP contribution < -0.4 is 0 Å². The summed E-state index contributed by atoms with van der Waals surface area (Å²) in [5.74, 6) is 0.516. The summed E-state index contributed by atoms with van der Waals surface area (Å²) >= 11 is 1.18.